The van der Waals surface area contributed by atoms with E-state index in [1.807, 2.05) is 0 Å². The van der Waals surface area contributed by atoms with Crippen LogP contribution in [0.3, 0.4) is 0 Å². The minimum atomic E-state index is 0.254. The third-order valence-corrected chi connectivity index (χ3v) is 4.82. The van der Waals surface area contributed by atoms with Crippen molar-refractivity contribution in [2.75, 3.05) is 31.1 Å². The Hall–Kier alpha value is -1.02. The summed E-state index contributed by atoms with van der Waals surface area (Å²) >= 11 is 0. The van der Waals surface area contributed by atoms with Gasteiger partial charge in [0.1, 0.15) is 0 Å². The van der Waals surface area contributed by atoms with Crippen molar-refractivity contribution < 1.29 is 0 Å². The summed E-state index contributed by atoms with van der Waals surface area (Å²) in [5.74, 6) is 0. The number of piperidine rings is 1. The summed E-state index contributed by atoms with van der Waals surface area (Å²) in [6, 6.07) is 9.19. The van der Waals surface area contributed by atoms with Crippen LogP contribution in [0.4, 0.5) is 5.69 Å². The lowest BCUT2D eigenvalue weighted by Gasteiger charge is -2.53. The zero-order valence-electron chi connectivity index (χ0n) is 12.5. The summed E-state index contributed by atoms with van der Waals surface area (Å²) in [6.45, 7) is 11.7. The highest BCUT2D eigenvalue weighted by molar-refractivity contribution is 5.51. The van der Waals surface area contributed by atoms with Gasteiger partial charge in [0.25, 0.3) is 0 Å². The molecule has 1 spiro atoms. The van der Waals surface area contributed by atoms with Crippen LogP contribution in [0.15, 0.2) is 24.3 Å². The van der Waals surface area contributed by atoms with Crippen molar-refractivity contribution >= 4 is 5.69 Å². The van der Waals surface area contributed by atoms with E-state index in [4.69, 9.17) is 0 Å². The standard InChI is InChI=1S/C17H26N2/c1-16(2,3)14-4-6-15(7-5-14)19-12-17(13-19)8-10-18-11-9-17/h4-7,18H,8-13H2,1-3H3. The molecule has 3 rings (SSSR count). The second kappa shape index (κ2) is 4.52. The number of anilines is 1. The minimum Gasteiger partial charge on any atom is -0.370 e. The molecule has 1 aromatic rings. The first kappa shape index (κ1) is 13.0. The first-order valence-corrected chi connectivity index (χ1v) is 7.55. The van der Waals surface area contributed by atoms with Gasteiger partial charge in [0.05, 0.1) is 0 Å². The zero-order chi connectivity index (χ0) is 13.5. The van der Waals surface area contributed by atoms with Crippen LogP contribution in [0.25, 0.3) is 0 Å². The van der Waals surface area contributed by atoms with E-state index in [2.05, 4.69) is 55.3 Å². The first-order chi connectivity index (χ1) is 8.99. The highest BCUT2D eigenvalue weighted by atomic mass is 15.2. The number of hydrogen-bond acceptors (Lipinski definition) is 2. The molecule has 2 heteroatoms. The average molecular weight is 258 g/mol. The SMILES string of the molecule is CC(C)(C)c1ccc(N2CC3(CCNCC3)C2)cc1. The molecule has 19 heavy (non-hydrogen) atoms. The smallest absolute Gasteiger partial charge is 0.0366 e. The van der Waals surface area contributed by atoms with Gasteiger partial charge in [-0.1, -0.05) is 32.9 Å². The quantitative estimate of drug-likeness (QED) is 0.832. The number of rotatable bonds is 1. The van der Waals surface area contributed by atoms with Crippen molar-refractivity contribution in [3.8, 4) is 0 Å². The van der Waals surface area contributed by atoms with Gasteiger partial charge < -0.3 is 10.2 Å². The van der Waals surface area contributed by atoms with E-state index < -0.39 is 0 Å². The molecular formula is C17H26N2. The predicted octanol–water partition coefficient (Wildman–Crippen LogP) is 3.17. The summed E-state index contributed by atoms with van der Waals surface area (Å²) in [5.41, 5.74) is 3.70. The minimum absolute atomic E-state index is 0.254. The molecule has 2 nitrogen and oxygen atoms in total. The molecule has 1 aromatic carbocycles. The van der Waals surface area contributed by atoms with Gasteiger partial charge in [-0.15, -0.1) is 0 Å². The van der Waals surface area contributed by atoms with E-state index in [-0.39, 0.29) is 5.41 Å². The maximum atomic E-state index is 3.47. The van der Waals surface area contributed by atoms with E-state index in [0.29, 0.717) is 5.41 Å². The third kappa shape index (κ3) is 2.51. The van der Waals surface area contributed by atoms with Crippen LogP contribution in [0.2, 0.25) is 0 Å². The van der Waals surface area contributed by atoms with Crippen LogP contribution < -0.4 is 10.2 Å². The predicted molar refractivity (Wildman–Crippen MR) is 81.9 cm³/mol. The third-order valence-electron chi connectivity index (χ3n) is 4.82. The Morgan fingerprint density at radius 3 is 2.11 bits per heavy atom. The van der Waals surface area contributed by atoms with Gasteiger partial charge in [-0.25, -0.2) is 0 Å². The number of nitrogens with zero attached hydrogens (tertiary/aromatic N) is 1. The number of hydrogen-bond donors (Lipinski definition) is 1. The van der Waals surface area contributed by atoms with Crippen molar-refractivity contribution in [1.29, 1.82) is 0 Å². The van der Waals surface area contributed by atoms with Gasteiger partial charge >= 0.3 is 0 Å². The van der Waals surface area contributed by atoms with Gasteiger partial charge in [0, 0.05) is 24.2 Å². The Kier molecular flexibility index (Phi) is 3.09. The molecule has 0 aromatic heterocycles. The van der Waals surface area contributed by atoms with Gasteiger partial charge in [0.15, 0.2) is 0 Å². The summed E-state index contributed by atoms with van der Waals surface area (Å²) < 4.78 is 0. The second-order valence-corrected chi connectivity index (χ2v) is 7.40. The Bertz CT molecular complexity index is 427. The van der Waals surface area contributed by atoms with Crippen LogP contribution in [0.1, 0.15) is 39.2 Å². The maximum Gasteiger partial charge on any atom is 0.0366 e. The molecule has 2 saturated heterocycles. The van der Waals surface area contributed by atoms with Gasteiger partial charge in [-0.3, -0.25) is 0 Å². The molecule has 0 radical (unpaired) electrons. The Balaban J connectivity index is 1.65. The highest BCUT2D eigenvalue weighted by Gasteiger charge is 2.43. The van der Waals surface area contributed by atoms with Crippen LogP contribution >= 0.6 is 0 Å². The van der Waals surface area contributed by atoms with E-state index in [9.17, 15) is 0 Å². The van der Waals surface area contributed by atoms with Crippen molar-refractivity contribution in [1.82, 2.24) is 5.32 Å². The van der Waals surface area contributed by atoms with Crippen LogP contribution in [0.5, 0.6) is 0 Å². The molecule has 0 unspecified atom stereocenters. The zero-order valence-corrected chi connectivity index (χ0v) is 12.5. The van der Waals surface area contributed by atoms with Gasteiger partial charge in [-0.2, -0.15) is 0 Å². The molecule has 0 saturated carbocycles. The average Bonchev–Trinajstić information content (AvgIpc) is 2.36. The lowest BCUT2D eigenvalue weighted by molar-refractivity contribution is 0.150. The molecule has 0 amide bonds. The van der Waals surface area contributed by atoms with Gasteiger partial charge in [-0.05, 0) is 49.0 Å². The summed E-state index contributed by atoms with van der Waals surface area (Å²) in [7, 11) is 0. The van der Waals surface area contributed by atoms with Crippen LogP contribution in [-0.4, -0.2) is 26.2 Å². The second-order valence-electron chi connectivity index (χ2n) is 7.40. The largest absolute Gasteiger partial charge is 0.370 e. The van der Waals surface area contributed by atoms with Crippen molar-refractivity contribution in [2.24, 2.45) is 5.41 Å². The molecular weight excluding hydrogens is 232 g/mol. The van der Waals surface area contributed by atoms with Crippen molar-refractivity contribution in [2.45, 2.75) is 39.0 Å². The fourth-order valence-corrected chi connectivity index (χ4v) is 3.39. The van der Waals surface area contributed by atoms with Crippen LogP contribution in [-0.2, 0) is 5.41 Å². The van der Waals surface area contributed by atoms with Crippen molar-refractivity contribution in [3.05, 3.63) is 29.8 Å². The Morgan fingerprint density at radius 1 is 1.00 bits per heavy atom. The Labute approximate surface area is 117 Å². The maximum absolute atomic E-state index is 3.47. The lowest BCUT2D eigenvalue weighted by Crippen LogP contribution is -2.60. The molecule has 104 valence electrons. The molecule has 2 heterocycles. The number of nitrogens with one attached hydrogen (secondary N) is 1. The van der Waals surface area contributed by atoms with E-state index in [1.54, 1.807) is 0 Å². The fraction of sp³-hybridized carbons (Fsp3) is 0.647. The molecule has 2 aliphatic heterocycles. The van der Waals surface area contributed by atoms with E-state index in [1.165, 1.54) is 50.3 Å². The molecule has 2 fully saturated rings. The molecule has 0 bridgehead atoms. The fourth-order valence-electron chi connectivity index (χ4n) is 3.39. The summed E-state index contributed by atoms with van der Waals surface area (Å²) in [6.07, 6.45) is 2.70. The molecule has 2 aliphatic rings. The molecule has 0 aliphatic carbocycles. The molecule has 0 atom stereocenters. The number of benzene rings is 1. The lowest BCUT2D eigenvalue weighted by atomic mass is 9.72. The first-order valence-electron chi connectivity index (χ1n) is 7.55. The van der Waals surface area contributed by atoms with Crippen LogP contribution in [0, 0.1) is 5.41 Å². The monoisotopic (exact) mass is 258 g/mol. The summed E-state index contributed by atoms with van der Waals surface area (Å²) in [4.78, 5) is 2.54. The van der Waals surface area contributed by atoms with Gasteiger partial charge in [0.2, 0.25) is 0 Å². The van der Waals surface area contributed by atoms with E-state index in [0.717, 1.165) is 0 Å². The molecule has 1 N–H and O–H groups in total. The Morgan fingerprint density at radius 2 is 1.58 bits per heavy atom. The highest BCUT2D eigenvalue weighted by Crippen LogP contribution is 2.41. The topological polar surface area (TPSA) is 15.3 Å². The normalized spacial score (nSPS) is 22.4. The van der Waals surface area contributed by atoms with E-state index >= 15 is 0 Å². The summed E-state index contributed by atoms with van der Waals surface area (Å²) in [5, 5.41) is 3.47. The van der Waals surface area contributed by atoms with Crippen molar-refractivity contribution in [3.63, 3.8) is 0 Å².